The molecule has 4 nitrogen and oxygen atoms in total. The van der Waals surface area contributed by atoms with Crippen LogP contribution in [0.15, 0.2) is 60.7 Å². The minimum atomic E-state index is -0.186. The average molecular weight is 362 g/mol. The normalized spacial score (nSPS) is 20.9. The molecule has 0 spiro atoms. The summed E-state index contributed by atoms with van der Waals surface area (Å²) in [6, 6.07) is 20.6. The number of carbonyl (C=O) groups excluding carboxylic acids is 2. The van der Waals surface area contributed by atoms with Gasteiger partial charge in [0.25, 0.3) is 0 Å². The number of carbonyl (C=O) groups is 2. The van der Waals surface area contributed by atoms with Gasteiger partial charge in [0, 0.05) is 32.6 Å². The number of benzene rings is 2. The molecule has 2 aromatic carbocycles. The molecule has 27 heavy (non-hydrogen) atoms. The Morgan fingerprint density at radius 3 is 2.22 bits per heavy atom. The molecular formula is C23H26N2O2. The van der Waals surface area contributed by atoms with Gasteiger partial charge in [0.2, 0.25) is 11.8 Å². The van der Waals surface area contributed by atoms with E-state index in [2.05, 4.69) is 24.3 Å². The maximum absolute atomic E-state index is 12.9. The van der Waals surface area contributed by atoms with E-state index in [1.165, 1.54) is 5.56 Å². The van der Waals surface area contributed by atoms with Crippen molar-refractivity contribution in [3.05, 3.63) is 71.8 Å². The second-order valence-electron chi connectivity index (χ2n) is 7.67. The largest absolute Gasteiger partial charge is 0.342 e. The summed E-state index contributed by atoms with van der Waals surface area (Å²) < 4.78 is 0. The van der Waals surface area contributed by atoms with Crippen LogP contribution in [0.2, 0.25) is 0 Å². The molecule has 0 radical (unpaired) electrons. The standard InChI is InChI=1S/C23H26N2O2/c26-22-15-21(17-25(22)16-18-7-3-1-4-8-18)23(27)24-13-11-20(12-14-24)19-9-5-2-6-10-19/h1-10,20-21H,11-17H2. The molecule has 140 valence electrons. The summed E-state index contributed by atoms with van der Waals surface area (Å²) in [5, 5.41) is 0. The van der Waals surface area contributed by atoms with E-state index in [0.717, 1.165) is 31.5 Å². The molecule has 0 saturated carbocycles. The lowest BCUT2D eigenvalue weighted by Gasteiger charge is -2.33. The number of hydrogen-bond donors (Lipinski definition) is 0. The smallest absolute Gasteiger partial charge is 0.227 e. The van der Waals surface area contributed by atoms with Crippen LogP contribution in [0.1, 0.15) is 36.3 Å². The maximum Gasteiger partial charge on any atom is 0.227 e. The van der Waals surface area contributed by atoms with Crippen LogP contribution < -0.4 is 0 Å². The first kappa shape index (κ1) is 17.8. The molecule has 2 amide bonds. The summed E-state index contributed by atoms with van der Waals surface area (Å²) in [6.45, 7) is 2.73. The van der Waals surface area contributed by atoms with Gasteiger partial charge < -0.3 is 9.80 Å². The number of piperidine rings is 1. The van der Waals surface area contributed by atoms with Gasteiger partial charge in [-0.2, -0.15) is 0 Å². The lowest BCUT2D eigenvalue weighted by atomic mass is 9.89. The van der Waals surface area contributed by atoms with E-state index in [0.29, 0.717) is 25.4 Å². The summed E-state index contributed by atoms with van der Waals surface area (Å²) in [4.78, 5) is 29.1. The van der Waals surface area contributed by atoms with Crippen LogP contribution in [0.4, 0.5) is 0 Å². The summed E-state index contributed by atoms with van der Waals surface area (Å²) in [5.41, 5.74) is 2.48. The van der Waals surface area contributed by atoms with Crippen molar-refractivity contribution >= 4 is 11.8 Å². The Hall–Kier alpha value is -2.62. The van der Waals surface area contributed by atoms with Gasteiger partial charge >= 0.3 is 0 Å². The van der Waals surface area contributed by atoms with Gasteiger partial charge in [0.15, 0.2) is 0 Å². The number of likely N-dealkylation sites (tertiary alicyclic amines) is 2. The van der Waals surface area contributed by atoms with Crippen molar-refractivity contribution in [1.82, 2.24) is 9.80 Å². The predicted molar refractivity (Wildman–Crippen MR) is 105 cm³/mol. The van der Waals surface area contributed by atoms with Crippen molar-refractivity contribution < 1.29 is 9.59 Å². The quantitative estimate of drug-likeness (QED) is 0.836. The second kappa shape index (κ2) is 7.95. The Bertz CT molecular complexity index is 783. The molecular weight excluding hydrogens is 336 g/mol. The SMILES string of the molecule is O=C1CC(C(=O)N2CCC(c3ccccc3)CC2)CN1Cc1ccccc1. The Kier molecular flexibility index (Phi) is 5.23. The molecule has 1 unspecified atom stereocenters. The molecule has 2 aromatic rings. The van der Waals surface area contributed by atoms with E-state index in [4.69, 9.17) is 0 Å². The molecule has 0 aromatic heterocycles. The van der Waals surface area contributed by atoms with Crippen molar-refractivity contribution in [2.45, 2.75) is 31.7 Å². The van der Waals surface area contributed by atoms with Gasteiger partial charge in [-0.05, 0) is 29.9 Å². The monoisotopic (exact) mass is 362 g/mol. The molecule has 2 aliphatic heterocycles. The van der Waals surface area contributed by atoms with E-state index < -0.39 is 0 Å². The van der Waals surface area contributed by atoms with Crippen LogP contribution >= 0.6 is 0 Å². The lowest BCUT2D eigenvalue weighted by molar-refractivity contribution is -0.136. The average Bonchev–Trinajstić information content (AvgIpc) is 3.09. The summed E-state index contributed by atoms with van der Waals surface area (Å²) in [5.74, 6) is 0.603. The zero-order chi connectivity index (χ0) is 18.6. The van der Waals surface area contributed by atoms with E-state index in [1.54, 1.807) is 0 Å². The van der Waals surface area contributed by atoms with Crippen LogP contribution in [0.5, 0.6) is 0 Å². The van der Waals surface area contributed by atoms with E-state index >= 15 is 0 Å². The van der Waals surface area contributed by atoms with Gasteiger partial charge in [-0.15, -0.1) is 0 Å². The first-order chi connectivity index (χ1) is 13.2. The highest BCUT2D eigenvalue weighted by molar-refractivity contribution is 5.89. The van der Waals surface area contributed by atoms with E-state index in [-0.39, 0.29) is 17.7 Å². The molecule has 2 fully saturated rings. The Morgan fingerprint density at radius 2 is 1.56 bits per heavy atom. The van der Waals surface area contributed by atoms with Gasteiger partial charge in [0.1, 0.15) is 0 Å². The molecule has 0 bridgehead atoms. The second-order valence-corrected chi connectivity index (χ2v) is 7.67. The molecule has 4 heteroatoms. The molecule has 2 aliphatic rings. The molecule has 2 saturated heterocycles. The zero-order valence-corrected chi connectivity index (χ0v) is 15.6. The summed E-state index contributed by atoms with van der Waals surface area (Å²) in [7, 11) is 0. The Labute approximate surface area is 160 Å². The summed E-state index contributed by atoms with van der Waals surface area (Å²) in [6.07, 6.45) is 2.36. The molecule has 0 N–H and O–H groups in total. The van der Waals surface area contributed by atoms with Crippen molar-refractivity contribution in [1.29, 1.82) is 0 Å². The van der Waals surface area contributed by atoms with Crippen molar-refractivity contribution in [3.63, 3.8) is 0 Å². The lowest BCUT2D eigenvalue weighted by Crippen LogP contribution is -2.42. The Morgan fingerprint density at radius 1 is 0.926 bits per heavy atom. The highest BCUT2D eigenvalue weighted by Crippen LogP contribution is 2.30. The molecule has 1 atom stereocenters. The number of hydrogen-bond acceptors (Lipinski definition) is 2. The van der Waals surface area contributed by atoms with Gasteiger partial charge in [-0.1, -0.05) is 60.7 Å². The highest BCUT2D eigenvalue weighted by atomic mass is 16.2. The highest BCUT2D eigenvalue weighted by Gasteiger charge is 2.37. The Balaban J connectivity index is 1.32. The third kappa shape index (κ3) is 4.05. The molecule has 2 heterocycles. The summed E-state index contributed by atoms with van der Waals surface area (Å²) >= 11 is 0. The molecule has 4 rings (SSSR count). The van der Waals surface area contributed by atoms with Crippen LogP contribution in [0.25, 0.3) is 0 Å². The van der Waals surface area contributed by atoms with E-state index in [9.17, 15) is 9.59 Å². The minimum Gasteiger partial charge on any atom is -0.342 e. The van der Waals surface area contributed by atoms with Crippen LogP contribution in [-0.4, -0.2) is 41.2 Å². The topological polar surface area (TPSA) is 40.6 Å². The van der Waals surface area contributed by atoms with Crippen molar-refractivity contribution in [2.24, 2.45) is 5.92 Å². The first-order valence-electron chi connectivity index (χ1n) is 9.86. The van der Waals surface area contributed by atoms with Gasteiger partial charge in [-0.3, -0.25) is 9.59 Å². The zero-order valence-electron chi connectivity index (χ0n) is 15.6. The van der Waals surface area contributed by atoms with Crippen LogP contribution in [-0.2, 0) is 16.1 Å². The molecule has 0 aliphatic carbocycles. The fourth-order valence-corrected chi connectivity index (χ4v) is 4.31. The van der Waals surface area contributed by atoms with E-state index in [1.807, 2.05) is 46.2 Å². The third-order valence-corrected chi connectivity index (χ3v) is 5.86. The number of nitrogens with zero attached hydrogens (tertiary/aromatic N) is 2. The fraction of sp³-hybridized carbons (Fsp3) is 0.391. The van der Waals surface area contributed by atoms with Gasteiger partial charge in [-0.25, -0.2) is 0 Å². The fourth-order valence-electron chi connectivity index (χ4n) is 4.31. The van der Waals surface area contributed by atoms with Crippen molar-refractivity contribution in [3.8, 4) is 0 Å². The minimum absolute atomic E-state index is 0.0939. The predicted octanol–water partition coefficient (Wildman–Crippen LogP) is 3.44. The maximum atomic E-state index is 12.9. The number of rotatable bonds is 4. The van der Waals surface area contributed by atoms with Crippen LogP contribution in [0.3, 0.4) is 0 Å². The first-order valence-corrected chi connectivity index (χ1v) is 9.86. The third-order valence-electron chi connectivity index (χ3n) is 5.86. The number of amides is 2. The van der Waals surface area contributed by atoms with Gasteiger partial charge in [0.05, 0.1) is 5.92 Å². The van der Waals surface area contributed by atoms with Crippen molar-refractivity contribution in [2.75, 3.05) is 19.6 Å². The van der Waals surface area contributed by atoms with Crippen LogP contribution in [0, 0.1) is 5.92 Å².